The number of rotatable bonds is 3. The van der Waals surface area contributed by atoms with E-state index in [1.807, 2.05) is 18.2 Å². The molecule has 0 radical (unpaired) electrons. The van der Waals surface area contributed by atoms with Gasteiger partial charge in [-0.3, -0.25) is 9.59 Å². The first kappa shape index (κ1) is 14.1. The van der Waals surface area contributed by atoms with Crippen LogP contribution in [-0.4, -0.2) is 49.4 Å². The van der Waals surface area contributed by atoms with Crippen molar-refractivity contribution in [2.24, 2.45) is 0 Å². The lowest BCUT2D eigenvalue weighted by atomic mass is 10.0. The Balaban J connectivity index is 1.84. The molecule has 5 nitrogen and oxygen atoms in total. The third kappa shape index (κ3) is 2.78. The van der Waals surface area contributed by atoms with Crippen molar-refractivity contribution in [2.45, 2.75) is 25.3 Å². The first-order valence-corrected chi connectivity index (χ1v) is 7.55. The Morgan fingerprint density at radius 1 is 1.19 bits per heavy atom. The smallest absolute Gasteiger partial charge is 0.316 e. The molecule has 1 aromatic carbocycles. The lowest BCUT2D eigenvalue weighted by molar-refractivity contribution is -0.145. The minimum atomic E-state index is -0.421. The zero-order valence-electron chi connectivity index (χ0n) is 12.3. The lowest BCUT2D eigenvalue weighted by Crippen LogP contribution is -2.53. The number of hydrogen-bond donors (Lipinski definition) is 1. The highest BCUT2D eigenvalue weighted by Crippen LogP contribution is 2.25. The van der Waals surface area contributed by atoms with E-state index >= 15 is 0 Å². The number of nitrogens with zero attached hydrogens (tertiary/aromatic N) is 2. The van der Waals surface area contributed by atoms with Gasteiger partial charge in [-0.15, -0.1) is 0 Å². The summed E-state index contributed by atoms with van der Waals surface area (Å²) in [6, 6.07) is 8.41. The van der Waals surface area contributed by atoms with Crippen molar-refractivity contribution < 1.29 is 9.59 Å². The van der Waals surface area contributed by atoms with E-state index in [1.54, 1.807) is 11.9 Å². The average molecular weight is 287 g/mol. The maximum absolute atomic E-state index is 12.2. The van der Waals surface area contributed by atoms with E-state index < -0.39 is 11.8 Å². The van der Waals surface area contributed by atoms with E-state index in [4.69, 9.17) is 0 Å². The normalized spacial score (nSPS) is 23.0. The van der Waals surface area contributed by atoms with Crippen LogP contribution in [0.25, 0.3) is 0 Å². The highest BCUT2D eigenvalue weighted by atomic mass is 16.2. The molecule has 2 fully saturated rings. The summed E-state index contributed by atoms with van der Waals surface area (Å²) < 4.78 is 0. The van der Waals surface area contributed by atoms with Crippen LogP contribution >= 0.6 is 0 Å². The molecule has 2 saturated heterocycles. The van der Waals surface area contributed by atoms with E-state index in [0.717, 1.165) is 24.2 Å². The molecule has 0 aromatic heterocycles. The summed E-state index contributed by atoms with van der Waals surface area (Å²) in [5.41, 5.74) is 2.03. The van der Waals surface area contributed by atoms with Gasteiger partial charge in [-0.05, 0) is 37.4 Å². The molecule has 0 aliphatic carbocycles. The van der Waals surface area contributed by atoms with Gasteiger partial charge in [-0.2, -0.15) is 0 Å². The van der Waals surface area contributed by atoms with Gasteiger partial charge in [0, 0.05) is 31.9 Å². The zero-order valence-corrected chi connectivity index (χ0v) is 12.3. The number of nitrogens with one attached hydrogen (secondary N) is 1. The van der Waals surface area contributed by atoms with E-state index in [9.17, 15) is 9.59 Å². The summed E-state index contributed by atoms with van der Waals surface area (Å²) >= 11 is 0. The van der Waals surface area contributed by atoms with Gasteiger partial charge >= 0.3 is 11.8 Å². The van der Waals surface area contributed by atoms with Crippen LogP contribution in [0, 0.1) is 0 Å². The van der Waals surface area contributed by atoms with Crippen molar-refractivity contribution in [3.05, 3.63) is 29.8 Å². The van der Waals surface area contributed by atoms with Gasteiger partial charge in [0.2, 0.25) is 0 Å². The van der Waals surface area contributed by atoms with Crippen LogP contribution in [0.3, 0.4) is 0 Å². The summed E-state index contributed by atoms with van der Waals surface area (Å²) in [6.07, 6.45) is 3.28. The van der Waals surface area contributed by atoms with Gasteiger partial charge < -0.3 is 15.1 Å². The van der Waals surface area contributed by atoms with Crippen molar-refractivity contribution in [1.82, 2.24) is 10.2 Å². The largest absolute Gasteiger partial charge is 0.336 e. The Morgan fingerprint density at radius 2 is 2.00 bits per heavy atom. The molecule has 1 atom stereocenters. The van der Waals surface area contributed by atoms with Crippen LogP contribution in [-0.2, 0) is 16.0 Å². The molecule has 0 spiro atoms. The molecule has 1 N–H and O–H groups in total. The molecule has 0 bridgehead atoms. The predicted octanol–water partition coefficient (Wildman–Crippen LogP) is 0.786. The highest BCUT2D eigenvalue weighted by Gasteiger charge is 2.32. The van der Waals surface area contributed by atoms with E-state index in [-0.39, 0.29) is 0 Å². The van der Waals surface area contributed by atoms with Crippen LogP contribution in [0.4, 0.5) is 5.69 Å². The topological polar surface area (TPSA) is 52.6 Å². The van der Waals surface area contributed by atoms with E-state index in [0.29, 0.717) is 19.1 Å². The molecule has 2 amide bonds. The average Bonchev–Trinajstić information content (AvgIpc) is 2.99. The lowest BCUT2D eigenvalue weighted by Gasteiger charge is -2.33. The second kappa shape index (κ2) is 5.85. The van der Waals surface area contributed by atoms with Crippen molar-refractivity contribution in [2.75, 3.05) is 31.6 Å². The number of amides is 2. The third-order valence-electron chi connectivity index (χ3n) is 4.34. The Morgan fingerprint density at radius 3 is 2.76 bits per heavy atom. The fourth-order valence-corrected chi connectivity index (χ4v) is 3.10. The van der Waals surface area contributed by atoms with Crippen LogP contribution in [0.2, 0.25) is 0 Å². The molecule has 112 valence electrons. The molecule has 1 aromatic rings. The minimum Gasteiger partial charge on any atom is -0.336 e. The second-order valence-electron chi connectivity index (χ2n) is 5.81. The number of carbonyl (C=O) groups is 2. The van der Waals surface area contributed by atoms with Crippen LogP contribution in [0.5, 0.6) is 0 Å². The van der Waals surface area contributed by atoms with Crippen molar-refractivity contribution in [3.8, 4) is 0 Å². The van der Waals surface area contributed by atoms with Gasteiger partial charge in [0.05, 0.1) is 0 Å². The molecule has 2 aliphatic rings. The predicted molar refractivity (Wildman–Crippen MR) is 81.2 cm³/mol. The summed E-state index contributed by atoms with van der Waals surface area (Å²) in [6.45, 7) is 2.22. The molecule has 0 saturated carbocycles. The zero-order chi connectivity index (χ0) is 14.8. The maximum atomic E-state index is 12.2. The summed E-state index contributed by atoms with van der Waals surface area (Å²) in [4.78, 5) is 27.2. The van der Waals surface area contributed by atoms with Gasteiger partial charge in [0.15, 0.2) is 0 Å². The molecular weight excluding hydrogens is 266 g/mol. The molecule has 5 heteroatoms. The molecule has 3 rings (SSSR count). The van der Waals surface area contributed by atoms with Crippen LogP contribution in [0.15, 0.2) is 24.3 Å². The molecule has 2 aliphatic heterocycles. The SMILES string of the molecule is CN1CCN(c2ccccc2CC2CCCN2)C(=O)C1=O. The van der Waals surface area contributed by atoms with Crippen LogP contribution in [0.1, 0.15) is 18.4 Å². The number of para-hydroxylation sites is 1. The van der Waals surface area contributed by atoms with Gasteiger partial charge in [0.25, 0.3) is 0 Å². The van der Waals surface area contributed by atoms with Crippen molar-refractivity contribution >= 4 is 17.5 Å². The van der Waals surface area contributed by atoms with Crippen molar-refractivity contribution in [3.63, 3.8) is 0 Å². The third-order valence-corrected chi connectivity index (χ3v) is 4.34. The maximum Gasteiger partial charge on any atom is 0.316 e. The van der Waals surface area contributed by atoms with Crippen molar-refractivity contribution in [1.29, 1.82) is 0 Å². The number of carbonyl (C=O) groups excluding carboxylic acids is 2. The summed E-state index contributed by atoms with van der Waals surface area (Å²) in [7, 11) is 1.67. The molecular formula is C16H21N3O2. The fourth-order valence-electron chi connectivity index (χ4n) is 3.10. The quantitative estimate of drug-likeness (QED) is 0.836. The fraction of sp³-hybridized carbons (Fsp3) is 0.500. The van der Waals surface area contributed by atoms with Gasteiger partial charge in [0.1, 0.15) is 0 Å². The van der Waals surface area contributed by atoms with E-state index in [1.165, 1.54) is 17.7 Å². The molecule has 1 unspecified atom stereocenters. The number of likely N-dealkylation sites (N-methyl/N-ethyl adjacent to an activating group) is 1. The summed E-state index contributed by atoms with van der Waals surface area (Å²) in [5.74, 6) is -0.842. The second-order valence-corrected chi connectivity index (χ2v) is 5.81. The number of anilines is 1. The first-order valence-electron chi connectivity index (χ1n) is 7.55. The summed E-state index contributed by atoms with van der Waals surface area (Å²) in [5, 5.41) is 3.48. The Labute approximate surface area is 124 Å². The van der Waals surface area contributed by atoms with Gasteiger partial charge in [-0.1, -0.05) is 18.2 Å². The molecule has 21 heavy (non-hydrogen) atoms. The Bertz CT molecular complexity index is 552. The Kier molecular flexibility index (Phi) is 3.92. The monoisotopic (exact) mass is 287 g/mol. The number of hydrogen-bond acceptors (Lipinski definition) is 3. The standard InChI is InChI=1S/C16H21N3O2/c1-18-9-10-19(16(21)15(18)20)14-7-3-2-5-12(14)11-13-6-4-8-17-13/h2-3,5,7,13,17H,4,6,8-11H2,1H3. The first-order chi connectivity index (χ1) is 10.2. The minimum absolute atomic E-state index is 0.421. The Hall–Kier alpha value is -1.88. The molecule has 2 heterocycles. The van der Waals surface area contributed by atoms with E-state index in [2.05, 4.69) is 11.4 Å². The van der Waals surface area contributed by atoms with Gasteiger partial charge in [-0.25, -0.2) is 0 Å². The highest BCUT2D eigenvalue weighted by molar-refractivity contribution is 6.41. The van der Waals surface area contributed by atoms with Crippen LogP contribution < -0.4 is 10.2 Å². The number of piperazine rings is 1. The number of benzene rings is 1.